The number of hydrogen-bond donors (Lipinski definition) is 2. The fourth-order valence-corrected chi connectivity index (χ4v) is 3.26. The highest BCUT2D eigenvalue weighted by atomic mass is 32.2. The first-order valence-corrected chi connectivity index (χ1v) is 7.87. The van der Waals surface area contributed by atoms with Gasteiger partial charge in [-0.25, -0.2) is 8.42 Å². The monoisotopic (exact) mass is 350 g/mol. The molecule has 126 valence electrons. The van der Waals surface area contributed by atoms with Gasteiger partial charge >= 0.3 is 12.1 Å². The highest BCUT2D eigenvalue weighted by molar-refractivity contribution is 7.89. The first-order valence-electron chi connectivity index (χ1n) is 6.39. The Kier molecular flexibility index (Phi) is 5.74. The Morgan fingerprint density at radius 3 is 2.48 bits per heavy atom. The van der Waals surface area contributed by atoms with Gasteiger partial charge in [-0.3, -0.25) is 4.79 Å². The Hall–Kier alpha value is -2.12. The number of alkyl halides is 3. The summed E-state index contributed by atoms with van der Waals surface area (Å²) < 4.78 is 65.1. The molecule has 10 heteroatoms. The van der Waals surface area contributed by atoms with E-state index in [-0.39, 0.29) is 12.0 Å². The average Bonchev–Trinajstić information content (AvgIpc) is 2.45. The lowest BCUT2D eigenvalue weighted by Crippen LogP contribution is -2.41. The number of aliphatic carboxylic acids is 1. The summed E-state index contributed by atoms with van der Waals surface area (Å²) in [6.07, 6.45) is -4.77. The lowest BCUT2D eigenvalue weighted by Gasteiger charge is -2.17. The van der Waals surface area contributed by atoms with E-state index in [1.54, 1.807) is 11.6 Å². The molecule has 0 aliphatic carbocycles. The van der Waals surface area contributed by atoms with Gasteiger partial charge in [0.15, 0.2) is 0 Å². The minimum atomic E-state index is -5.01. The molecule has 2 N–H and O–H groups in total. The van der Waals surface area contributed by atoms with Crippen LogP contribution in [0.25, 0.3) is 0 Å². The summed E-state index contributed by atoms with van der Waals surface area (Å²) in [6, 6.07) is 1.90. The van der Waals surface area contributed by atoms with E-state index in [0.717, 1.165) is 6.07 Å². The van der Waals surface area contributed by atoms with Crippen LogP contribution in [0.15, 0.2) is 23.1 Å². The van der Waals surface area contributed by atoms with Gasteiger partial charge in [-0.1, -0.05) is 13.3 Å². The van der Waals surface area contributed by atoms with Gasteiger partial charge in [-0.2, -0.15) is 23.2 Å². The third-order valence-corrected chi connectivity index (χ3v) is 4.41. The van der Waals surface area contributed by atoms with Crippen LogP contribution in [0.5, 0.6) is 0 Å². The van der Waals surface area contributed by atoms with E-state index < -0.39 is 38.7 Å². The maximum absolute atomic E-state index is 13.0. The molecule has 0 heterocycles. The molecule has 0 saturated heterocycles. The fourth-order valence-electron chi connectivity index (χ4n) is 1.83. The topological polar surface area (TPSA) is 107 Å². The number of nitriles is 1. The molecule has 0 aliphatic rings. The van der Waals surface area contributed by atoms with Crippen LogP contribution in [-0.4, -0.2) is 25.5 Å². The van der Waals surface area contributed by atoms with Crippen LogP contribution in [0.3, 0.4) is 0 Å². The molecule has 0 fully saturated rings. The normalized spacial score (nSPS) is 13.3. The Morgan fingerprint density at radius 1 is 1.43 bits per heavy atom. The minimum absolute atomic E-state index is 0.0772. The van der Waals surface area contributed by atoms with E-state index in [1.807, 2.05) is 0 Å². The zero-order chi connectivity index (χ0) is 17.8. The number of nitrogens with one attached hydrogen (secondary N) is 1. The standard InChI is InChI=1S/C13H13F3N2O4S/c1-2-3-10(12(19)20)18-23(21,22)11-5-4-8(7-17)6-9(11)13(14,15)16/h4-6,10,18H,2-3H2,1H3,(H,19,20). The molecule has 0 amide bonds. The minimum Gasteiger partial charge on any atom is -0.480 e. The van der Waals surface area contributed by atoms with Gasteiger partial charge in [-0.15, -0.1) is 0 Å². The van der Waals surface area contributed by atoms with E-state index in [9.17, 15) is 26.4 Å². The number of benzene rings is 1. The van der Waals surface area contributed by atoms with Crippen LogP contribution >= 0.6 is 0 Å². The highest BCUT2D eigenvalue weighted by Gasteiger charge is 2.38. The molecule has 0 radical (unpaired) electrons. The summed E-state index contributed by atoms with van der Waals surface area (Å²) >= 11 is 0. The molecule has 1 unspecified atom stereocenters. The predicted molar refractivity (Wildman–Crippen MR) is 72.8 cm³/mol. The van der Waals surface area contributed by atoms with Crippen molar-refractivity contribution in [2.24, 2.45) is 0 Å². The third-order valence-electron chi connectivity index (χ3n) is 2.88. The Morgan fingerprint density at radius 2 is 2.04 bits per heavy atom. The first kappa shape index (κ1) is 18.9. The molecule has 0 aliphatic heterocycles. The molecule has 0 saturated carbocycles. The van der Waals surface area contributed by atoms with Crippen molar-refractivity contribution in [2.75, 3.05) is 0 Å². The molecular formula is C13H13F3N2O4S. The summed E-state index contributed by atoms with van der Waals surface area (Å²) in [5.74, 6) is -1.49. The summed E-state index contributed by atoms with van der Waals surface area (Å²) in [5, 5.41) is 17.6. The summed E-state index contributed by atoms with van der Waals surface area (Å²) in [7, 11) is -4.73. The van der Waals surface area contributed by atoms with Crippen molar-refractivity contribution in [1.82, 2.24) is 4.72 Å². The number of hydrogen-bond acceptors (Lipinski definition) is 4. The lowest BCUT2D eigenvalue weighted by atomic mass is 10.1. The third kappa shape index (κ3) is 4.67. The molecule has 1 atom stereocenters. The molecule has 0 bridgehead atoms. The molecule has 23 heavy (non-hydrogen) atoms. The Balaban J connectivity index is 3.38. The number of rotatable bonds is 6. The van der Waals surface area contributed by atoms with Gasteiger partial charge in [-0.05, 0) is 24.6 Å². The summed E-state index contributed by atoms with van der Waals surface area (Å²) in [4.78, 5) is 9.87. The molecule has 1 aromatic rings. The SMILES string of the molecule is CCCC(NS(=O)(=O)c1ccc(C#N)cc1C(F)(F)F)C(=O)O. The quantitative estimate of drug-likeness (QED) is 0.817. The predicted octanol–water partition coefficient (Wildman–Crippen LogP) is 2.11. The molecule has 1 rings (SSSR count). The zero-order valence-corrected chi connectivity index (χ0v) is 12.7. The van der Waals surface area contributed by atoms with Gasteiger partial charge in [0.2, 0.25) is 10.0 Å². The maximum Gasteiger partial charge on any atom is 0.417 e. The Bertz CT molecular complexity index is 739. The van der Waals surface area contributed by atoms with Crippen LogP contribution in [0.2, 0.25) is 0 Å². The number of nitrogens with zero attached hydrogens (tertiary/aromatic N) is 1. The number of halogens is 3. The van der Waals surface area contributed by atoms with Crippen LogP contribution in [0.1, 0.15) is 30.9 Å². The van der Waals surface area contributed by atoms with E-state index in [0.29, 0.717) is 18.6 Å². The van der Waals surface area contributed by atoms with Gasteiger partial charge in [0.25, 0.3) is 0 Å². The molecule has 1 aromatic carbocycles. The first-order chi connectivity index (χ1) is 10.5. The van der Waals surface area contributed by atoms with Gasteiger partial charge < -0.3 is 5.11 Å². The van der Waals surface area contributed by atoms with Crippen molar-refractivity contribution >= 4 is 16.0 Å². The van der Waals surface area contributed by atoms with Crippen molar-refractivity contribution in [2.45, 2.75) is 36.9 Å². The van der Waals surface area contributed by atoms with Gasteiger partial charge in [0.05, 0.1) is 22.1 Å². The van der Waals surface area contributed by atoms with Crippen molar-refractivity contribution in [3.05, 3.63) is 29.3 Å². The second kappa shape index (κ2) is 6.97. The number of carboxylic acids is 1. The van der Waals surface area contributed by atoms with Gasteiger partial charge in [0.1, 0.15) is 6.04 Å². The van der Waals surface area contributed by atoms with Crippen LogP contribution in [0.4, 0.5) is 13.2 Å². The van der Waals surface area contributed by atoms with Gasteiger partial charge in [0, 0.05) is 0 Å². The fraction of sp³-hybridized carbons (Fsp3) is 0.385. The van der Waals surface area contributed by atoms with Crippen molar-refractivity contribution in [3.63, 3.8) is 0 Å². The van der Waals surface area contributed by atoms with Crippen molar-refractivity contribution in [3.8, 4) is 6.07 Å². The molecule has 0 aromatic heterocycles. The van der Waals surface area contributed by atoms with Crippen LogP contribution < -0.4 is 4.72 Å². The van der Waals surface area contributed by atoms with Crippen molar-refractivity contribution in [1.29, 1.82) is 5.26 Å². The highest BCUT2D eigenvalue weighted by Crippen LogP contribution is 2.34. The van der Waals surface area contributed by atoms with E-state index in [4.69, 9.17) is 10.4 Å². The largest absolute Gasteiger partial charge is 0.480 e. The number of carbonyl (C=O) groups is 1. The van der Waals surface area contributed by atoms with Crippen molar-refractivity contribution < 1.29 is 31.5 Å². The van der Waals surface area contributed by atoms with E-state index >= 15 is 0 Å². The van der Waals surface area contributed by atoms with E-state index in [2.05, 4.69) is 0 Å². The molecule has 0 spiro atoms. The maximum atomic E-state index is 13.0. The number of carboxylic acid groups (broad SMARTS) is 1. The number of sulfonamides is 1. The van der Waals surface area contributed by atoms with Crippen LogP contribution in [-0.2, 0) is 21.0 Å². The lowest BCUT2D eigenvalue weighted by molar-refractivity contribution is -0.140. The van der Waals surface area contributed by atoms with E-state index in [1.165, 1.54) is 6.07 Å². The van der Waals surface area contributed by atoms with Crippen LogP contribution in [0, 0.1) is 11.3 Å². The second-order valence-corrected chi connectivity index (χ2v) is 6.30. The molecular weight excluding hydrogens is 337 g/mol. The Labute approximate surface area is 130 Å². The second-order valence-electron chi connectivity index (χ2n) is 4.62. The smallest absolute Gasteiger partial charge is 0.417 e. The average molecular weight is 350 g/mol. The molecule has 6 nitrogen and oxygen atoms in total. The summed E-state index contributed by atoms with van der Waals surface area (Å²) in [5.41, 5.74) is -1.88. The zero-order valence-electron chi connectivity index (χ0n) is 11.9. The summed E-state index contributed by atoms with van der Waals surface area (Å²) in [6.45, 7) is 1.60.